The molecule has 88 valence electrons. The molecular weight excluding hydrogens is 196 g/mol. The normalized spacial score (nSPS) is 37.8. The van der Waals surface area contributed by atoms with Crippen molar-refractivity contribution in [1.29, 1.82) is 0 Å². The minimum atomic E-state index is -2.45. The summed E-state index contributed by atoms with van der Waals surface area (Å²) in [5.74, 6) is -1.99. The van der Waals surface area contributed by atoms with Gasteiger partial charge in [0, 0.05) is 24.9 Å². The van der Waals surface area contributed by atoms with Crippen molar-refractivity contribution in [3.63, 3.8) is 0 Å². The Morgan fingerprint density at radius 1 is 1.13 bits per heavy atom. The molecule has 2 aliphatic rings. The van der Waals surface area contributed by atoms with Gasteiger partial charge in [0.05, 0.1) is 0 Å². The molecule has 1 N–H and O–H groups in total. The van der Waals surface area contributed by atoms with E-state index in [2.05, 4.69) is 5.32 Å². The Morgan fingerprint density at radius 3 is 2.40 bits per heavy atom. The predicted molar refractivity (Wildman–Crippen MR) is 57.2 cm³/mol. The quantitative estimate of drug-likeness (QED) is 0.710. The number of nitrogens with one attached hydrogen (secondary N) is 1. The van der Waals surface area contributed by atoms with Crippen molar-refractivity contribution in [2.24, 2.45) is 5.92 Å². The average Bonchev–Trinajstić information content (AvgIpc) is 2.17. The third kappa shape index (κ3) is 2.49. The second kappa shape index (κ2) is 4.00. The van der Waals surface area contributed by atoms with Crippen molar-refractivity contribution in [3.8, 4) is 0 Å². The molecule has 1 heterocycles. The maximum Gasteiger partial charge on any atom is 0.251 e. The number of hydrogen-bond acceptors (Lipinski definition) is 1. The van der Waals surface area contributed by atoms with Gasteiger partial charge in [-0.05, 0) is 25.7 Å². The molecule has 0 amide bonds. The number of piperidine rings is 1. The zero-order valence-electron chi connectivity index (χ0n) is 9.49. The van der Waals surface area contributed by atoms with Crippen molar-refractivity contribution < 1.29 is 8.78 Å². The molecule has 0 radical (unpaired) electrons. The first-order valence-electron chi connectivity index (χ1n) is 6.15. The van der Waals surface area contributed by atoms with Gasteiger partial charge in [-0.1, -0.05) is 19.3 Å². The third-order valence-corrected chi connectivity index (χ3v) is 4.15. The standard InChI is InChI=1S/C12H21F2N/c1-11(10-5-3-2-4-6-10)9-12(13,14)7-8-15-11/h10,15H,2-9H2,1H3. The molecule has 1 aliphatic heterocycles. The summed E-state index contributed by atoms with van der Waals surface area (Å²) in [5, 5.41) is 3.34. The monoisotopic (exact) mass is 217 g/mol. The molecule has 2 fully saturated rings. The molecule has 1 nitrogen and oxygen atoms in total. The lowest BCUT2D eigenvalue weighted by Gasteiger charge is -2.46. The van der Waals surface area contributed by atoms with Gasteiger partial charge >= 0.3 is 0 Å². The van der Waals surface area contributed by atoms with E-state index in [4.69, 9.17) is 0 Å². The van der Waals surface area contributed by atoms with E-state index in [0.717, 1.165) is 12.8 Å². The second-order valence-electron chi connectivity index (χ2n) is 5.46. The average molecular weight is 217 g/mol. The summed E-state index contributed by atoms with van der Waals surface area (Å²) in [7, 11) is 0. The number of halogens is 2. The first-order chi connectivity index (χ1) is 7.02. The lowest BCUT2D eigenvalue weighted by molar-refractivity contribution is -0.0751. The fourth-order valence-electron chi connectivity index (χ4n) is 3.25. The van der Waals surface area contributed by atoms with Crippen LogP contribution in [-0.4, -0.2) is 18.0 Å². The van der Waals surface area contributed by atoms with Gasteiger partial charge in [-0.3, -0.25) is 0 Å². The first kappa shape index (κ1) is 11.3. The highest BCUT2D eigenvalue weighted by atomic mass is 19.3. The van der Waals surface area contributed by atoms with Crippen LogP contribution in [0.5, 0.6) is 0 Å². The van der Waals surface area contributed by atoms with Gasteiger partial charge in [0.2, 0.25) is 0 Å². The number of alkyl halides is 2. The molecule has 0 spiro atoms. The van der Waals surface area contributed by atoms with Crippen molar-refractivity contribution in [2.75, 3.05) is 6.54 Å². The van der Waals surface area contributed by atoms with Gasteiger partial charge in [0.1, 0.15) is 0 Å². The molecule has 1 aliphatic carbocycles. The Hall–Kier alpha value is -0.180. The highest BCUT2D eigenvalue weighted by molar-refractivity contribution is 4.98. The summed E-state index contributed by atoms with van der Waals surface area (Å²) in [4.78, 5) is 0. The van der Waals surface area contributed by atoms with E-state index < -0.39 is 5.92 Å². The first-order valence-corrected chi connectivity index (χ1v) is 6.15. The van der Waals surface area contributed by atoms with Crippen LogP contribution in [-0.2, 0) is 0 Å². The summed E-state index contributed by atoms with van der Waals surface area (Å²) in [6.07, 6.45) is 6.00. The molecule has 1 saturated heterocycles. The lowest BCUT2D eigenvalue weighted by Crippen LogP contribution is -2.57. The topological polar surface area (TPSA) is 12.0 Å². The van der Waals surface area contributed by atoms with Crippen LogP contribution in [0.3, 0.4) is 0 Å². The number of rotatable bonds is 1. The van der Waals surface area contributed by atoms with E-state index in [1.54, 1.807) is 0 Å². The van der Waals surface area contributed by atoms with Gasteiger partial charge < -0.3 is 5.32 Å². The molecular formula is C12H21F2N. The molecule has 2 rings (SSSR count). The molecule has 1 unspecified atom stereocenters. The summed E-state index contributed by atoms with van der Waals surface area (Å²) in [6.45, 7) is 2.47. The number of hydrogen-bond donors (Lipinski definition) is 1. The lowest BCUT2D eigenvalue weighted by atomic mass is 9.71. The largest absolute Gasteiger partial charge is 0.311 e. The van der Waals surface area contributed by atoms with Crippen molar-refractivity contribution >= 4 is 0 Å². The summed E-state index contributed by atoms with van der Waals surface area (Å²) < 4.78 is 26.8. The zero-order chi connectivity index (χ0) is 10.9. The maximum atomic E-state index is 13.4. The van der Waals surface area contributed by atoms with Gasteiger partial charge in [0.15, 0.2) is 0 Å². The highest BCUT2D eigenvalue weighted by Crippen LogP contribution is 2.41. The third-order valence-electron chi connectivity index (χ3n) is 4.15. The fraction of sp³-hybridized carbons (Fsp3) is 1.00. The predicted octanol–water partition coefficient (Wildman–Crippen LogP) is 3.34. The molecule has 0 aromatic carbocycles. The van der Waals surface area contributed by atoms with Gasteiger partial charge in [-0.15, -0.1) is 0 Å². The Bertz CT molecular complexity index is 224. The van der Waals surface area contributed by atoms with E-state index in [-0.39, 0.29) is 18.4 Å². The van der Waals surface area contributed by atoms with Crippen molar-refractivity contribution in [1.82, 2.24) is 5.32 Å². The van der Waals surface area contributed by atoms with Crippen LogP contribution >= 0.6 is 0 Å². The van der Waals surface area contributed by atoms with Crippen LogP contribution in [0.2, 0.25) is 0 Å². The zero-order valence-corrected chi connectivity index (χ0v) is 9.49. The van der Waals surface area contributed by atoms with E-state index in [1.165, 1.54) is 19.3 Å². The van der Waals surface area contributed by atoms with E-state index in [1.807, 2.05) is 6.92 Å². The van der Waals surface area contributed by atoms with Crippen molar-refractivity contribution in [2.45, 2.75) is 63.3 Å². The van der Waals surface area contributed by atoms with Gasteiger partial charge in [-0.25, -0.2) is 8.78 Å². The van der Waals surface area contributed by atoms with E-state index in [0.29, 0.717) is 12.5 Å². The van der Waals surface area contributed by atoms with Crippen molar-refractivity contribution in [3.05, 3.63) is 0 Å². The second-order valence-corrected chi connectivity index (χ2v) is 5.46. The van der Waals surface area contributed by atoms with Crippen LogP contribution < -0.4 is 5.32 Å². The summed E-state index contributed by atoms with van der Waals surface area (Å²) in [6, 6.07) is 0. The Labute approximate surface area is 90.6 Å². The maximum absolute atomic E-state index is 13.4. The molecule has 1 saturated carbocycles. The van der Waals surface area contributed by atoms with Crippen LogP contribution in [0, 0.1) is 5.92 Å². The van der Waals surface area contributed by atoms with E-state index in [9.17, 15) is 8.78 Å². The Balaban J connectivity index is 2.04. The molecule has 0 bridgehead atoms. The minimum Gasteiger partial charge on any atom is -0.311 e. The smallest absolute Gasteiger partial charge is 0.251 e. The van der Waals surface area contributed by atoms with Crippen LogP contribution in [0.15, 0.2) is 0 Å². The van der Waals surface area contributed by atoms with Crippen LogP contribution in [0.25, 0.3) is 0 Å². The Morgan fingerprint density at radius 2 is 1.80 bits per heavy atom. The molecule has 3 heteroatoms. The highest BCUT2D eigenvalue weighted by Gasteiger charge is 2.46. The van der Waals surface area contributed by atoms with Crippen LogP contribution in [0.4, 0.5) is 8.78 Å². The fourth-order valence-corrected chi connectivity index (χ4v) is 3.25. The van der Waals surface area contributed by atoms with Gasteiger partial charge in [-0.2, -0.15) is 0 Å². The molecule has 15 heavy (non-hydrogen) atoms. The minimum absolute atomic E-state index is 0.00924. The van der Waals surface area contributed by atoms with Gasteiger partial charge in [0.25, 0.3) is 5.92 Å². The molecule has 1 atom stereocenters. The molecule has 0 aromatic rings. The summed E-state index contributed by atoms with van der Waals surface area (Å²) in [5.41, 5.74) is -0.317. The SMILES string of the molecule is CC1(C2CCCCC2)CC(F)(F)CCN1. The van der Waals surface area contributed by atoms with Crippen LogP contribution in [0.1, 0.15) is 51.9 Å². The molecule has 0 aromatic heterocycles. The summed E-state index contributed by atoms with van der Waals surface area (Å²) >= 11 is 0. The Kier molecular flexibility index (Phi) is 3.02. The van der Waals surface area contributed by atoms with E-state index >= 15 is 0 Å².